The zero-order valence-corrected chi connectivity index (χ0v) is 15.9. The zero-order valence-electron chi connectivity index (χ0n) is 15.9. The van der Waals surface area contributed by atoms with E-state index in [2.05, 4.69) is 22.2 Å². The van der Waals surface area contributed by atoms with Crippen LogP contribution in [-0.4, -0.2) is 49.0 Å². The van der Waals surface area contributed by atoms with Crippen LogP contribution in [0.25, 0.3) is 0 Å². The Bertz CT molecular complexity index is 882. The molecule has 1 atom stereocenters. The van der Waals surface area contributed by atoms with E-state index in [4.69, 9.17) is 0 Å². The van der Waals surface area contributed by atoms with Crippen molar-refractivity contribution in [1.29, 1.82) is 0 Å². The fourth-order valence-electron chi connectivity index (χ4n) is 3.33. The summed E-state index contributed by atoms with van der Waals surface area (Å²) in [5.41, 5.74) is 1.62. The quantitative estimate of drug-likeness (QED) is 0.631. The van der Waals surface area contributed by atoms with Gasteiger partial charge in [0.05, 0.1) is 11.0 Å². The third-order valence-electron chi connectivity index (χ3n) is 4.97. The Kier molecular flexibility index (Phi) is 5.89. The van der Waals surface area contributed by atoms with E-state index in [9.17, 15) is 19.3 Å². The Labute approximate surface area is 162 Å². The molecule has 1 heterocycles. The van der Waals surface area contributed by atoms with Crippen LogP contribution < -0.4 is 10.2 Å². The maximum Gasteiger partial charge on any atom is 0.270 e. The Morgan fingerprint density at radius 2 is 1.89 bits per heavy atom. The van der Waals surface area contributed by atoms with Crippen LogP contribution in [0.15, 0.2) is 42.5 Å². The van der Waals surface area contributed by atoms with Crippen molar-refractivity contribution in [3.63, 3.8) is 0 Å². The van der Waals surface area contributed by atoms with E-state index in [1.165, 1.54) is 36.4 Å². The van der Waals surface area contributed by atoms with Crippen LogP contribution in [0, 0.1) is 15.9 Å². The first-order chi connectivity index (χ1) is 13.3. The molecule has 1 aliphatic rings. The highest BCUT2D eigenvalue weighted by atomic mass is 19.1. The number of non-ortho nitro benzene ring substituents is 1. The number of benzene rings is 2. The van der Waals surface area contributed by atoms with Gasteiger partial charge < -0.3 is 15.1 Å². The minimum atomic E-state index is -0.543. The number of nitro benzene ring substituents is 1. The van der Waals surface area contributed by atoms with Crippen LogP contribution in [0.4, 0.5) is 15.8 Å². The van der Waals surface area contributed by atoms with Crippen molar-refractivity contribution in [1.82, 2.24) is 10.2 Å². The lowest BCUT2D eigenvalue weighted by molar-refractivity contribution is -0.384. The van der Waals surface area contributed by atoms with Crippen LogP contribution in [0.2, 0.25) is 0 Å². The van der Waals surface area contributed by atoms with Crippen molar-refractivity contribution in [2.75, 3.05) is 38.1 Å². The van der Waals surface area contributed by atoms with Gasteiger partial charge in [0.1, 0.15) is 5.82 Å². The molecule has 1 fully saturated rings. The molecular weight excluding hydrogens is 363 g/mol. The van der Waals surface area contributed by atoms with Crippen molar-refractivity contribution in [2.24, 2.45) is 0 Å². The first-order valence-corrected chi connectivity index (χ1v) is 9.13. The molecule has 1 saturated heterocycles. The fraction of sp³-hybridized carbons (Fsp3) is 0.350. The highest BCUT2D eigenvalue weighted by Gasteiger charge is 2.22. The number of nitrogens with zero attached hydrogens (tertiary/aromatic N) is 3. The van der Waals surface area contributed by atoms with Crippen molar-refractivity contribution in [3.05, 3.63) is 69.5 Å². The standard InChI is InChI=1S/C20H23FN4O3/c1-14(22-20(26)15-4-3-5-17(12-15)25(27)28)18-13-16(21)6-7-19(18)24-10-8-23(2)9-11-24/h3-7,12-14H,8-11H2,1-2H3,(H,22,26). The van der Waals surface area contributed by atoms with Gasteiger partial charge >= 0.3 is 0 Å². The number of hydrogen-bond donors (Lipinski definition) is 1. The molecule has 3 rings (SSSR count). The monoisotopic (exact) mass is 386 g/mol. The predicted octanol–water partition coefficient (Wildman–Crippen LogP) is 2.98. The first kappa shape index (κ1) is 19.8. The van der Waals surface area contributed by atoms with Crippen molar-refractivity contribution in [2.45, 2.75) is 13.0 Å². The maximum atomic E-state index is 13.9. The molecule has 0 radical (unpaired) electrons. The number of nitrogens with one attached hydrogen (secondary N) is 1. The van der Waals surface area contributed by atoms with Gasteiger partial charge in [-0.15, -0.1) is 0 Å². The zero-order chi connectivity index (χ0) is 20.3. The third kappa shape index (κ3) is 4.45. The number of nitro groups is 1. The van der Waals surface area contributed by atoms with E-state index in [1.54, 1.807) is 13.0 Å². The smallest absolute Gasteiger partial charge is 0.270 e. The summed E-state index contributed by atoms with van der Waals surface area (Å²) in [6.07, 6.45) is 0. The van der Waals surface area contributed by atoms with Gasteiger partial charge in [-0.2, -0.15) is 0 Å². The second-order valence-corrected chi connectivity index (χ2v) is 7.00. The van der Waals surface area contributed by atoms with E-state index < -0.39 is 16.9 Å². The van der Waals surface area contributed by atoms with Crippen LogP contribution >= 0.6 is 0 Å². The first-order valence-electron chi connectivity index (χ1n) is 9.13. The van der Waals surface area contributed by atoms with Gasteiger partial charge in [0.25, 0.3) is 11.6 Å². The molecule has 0 aromatic heterocycles. The lowest BCUT2D eigenvalue weighted by atomic mass is 10.0. The number of amides is 1. The topological polar surface area (TPSA) is 78.7 Å². The minimum Gasteiger partial charge on any atom is -0.369 e. The Hall–Kier alpha value is -3.00. The van der Waals surface area contributed by atoms with E-state index >= 15 is 0 Å². The normalized spacial score (nSPS) is 15.9. The van der Waals surface area contributed by atoms with Crippen molar-refractivity contribution >= 4 is 17.3 Å². The summed E-state index contributed by atoms with van der Waals surface area (Å²) in [5.74, 6) is -0.811. The van der Waals surface area contributed by atoms with Gasteiger partial charge in [-0.25, -0.2) is 4.39 Å². The molecule has 2 aromatic rings. The molecule has 0 spiro atoms. The number of carbonyl (C=O) groups is 1. The van der Waals surface area contributed by atoms with E-state index in [1.807, 2.05) is 0 Å². The average Bonchev–Trinajstić information content (AvgIpc) is 2.68. The minimum absolute atomic E-state index is 0.149. The van der Waals surface area contributed by atoms with Crippen LogP contribution in [0.3, 0.4) is 0 Å². The third-order valence-corrected chi connectivity index (χ3v) is 4.97. The van der Waals surface area contributed by atoms with Crippen LogP contribution in [-0.2, 0) is 0 Å². The number of piperazine rings is 1. The van der Waals surface area contributed by atoms with Crippen molar-refractivity contribution in [3.8, 4) is 0 Å². The molecule has 2 aromatic carbocycles. The average molecular weight is 386 g/mol. The molecule has 0 bridgehead atoms. The number of hydrogen-bond acceptors (Lipinski definition) is 5. The fourth-order valence-corrected chi connectivity index (χ4v) is 3.33. The predicted molar refractivity (Wildman–Crippen MR) is 105 cm³/mol. The number of likely N-dealkylation sites (N-methyl/N-ethyl adjacent to an activating group) is 1. The number of anilines is 1. The summed E-state index contributed by atoms with van der Waals surface area (Å²) in [5, 5.41) is 13.8. The number of carbonyl (C=O) groups excluding carboxylic acids is 1. The summed E-state index contributed by atoms with van der Waals surface area (Å²) in [7, 11) is 2.06. The van der Waals surface area contributed by atoms with Gasteiger partial charge in [-0.05, 0) is 38.2 Å². The van der Waals surface area contributed by atoms with Gasteiger partial charge in [-0.1, -0.05) is 6.07 Å². The molecule has 28 heavy (non-hydrogen) atoms. The van der Waals surface area contributed by atoms with Gasteiger partial charge in [0, 0.05) is 55.1 Å². The molecule has 8 heteroatoms. The molecule has 7 nitrogen and oxygen atoms in total. The Morgan fingerprint density at radius 3 is 2.57 bits per heavy atom. The molecule has 1 aliphatic heterocycles. The number of halogens is 1. The molecule has 1 amide bonds. The lowest BCUT2D eigenvalue weighted by Crippen LogP contribution is -2.45. The van der Waals surface area contributed by atoms with E-state index in [0.717, 1.165) is 31.9 Å². The molecular formula is C20H23FN4O3. The van der Waals surface area contributed by atoms with Gasteiger partial charge in [0.15, 0.2) is 0 Å². The summed E-state index contributed by atoms with van der Waals surface area (Å²) < 4.78 is 13.9. The summed E-state index contributed by atoms with van der Waals surface area (Å²) >= 11 is 0. The van der Waals surface area contributed by atoms with Crippen LogP contribution in [0.1, 0.15) is 28.9 Å². The summed E-state index contributed by atoms with van der Waals surface area (Å²) in [6.45, 7) is 5.24. The van der Waals surface area contributed by atoms with Crippen molar-refractivity contribution < 1.29 is 14.1 Å². The highest BCUT2D eigenvalue weighted by molar-refractivity contribution is 5.95. The summed E-state index contributed by atoms with van der Waals surface area (Å²) in [6, 6.07) is 9.69. The SMILES string of the molecule is CC(NC(=O)c1cccc([N+](=O)[O-])c1)c1cc(F)ccc1N1CCN(C)CC1. The lowest BCUT2D eigenvalue weighted by Gasteiger charge is -2.36. The Morgan fingerprint density at radius 1 is 1.18 bits per heavy atom. The van der Waals surface area contributed by atoms with E-state index in [-0.39, 0.29) is 17.1 Å². The molecule has 0 aliphatic carbocycles. The largest absolute Gasteiger partial charge is 0.369 e. The highest BCUT2D eigenvalue weighted by Crippen LogP contribution is 2.28. The second kappa shape index (κ2) is 8.35. The van der Waals surface area contributed by atoms with Crippen LogP contribution in [0.5, 0.6) is 0 Å². The Balaban J connectivity index is 1.81. The van der Waals surface area contributed by atoms with Gasteiger partial charge in [0.2, 0.25) is 0 Å². The molecule has 148 valence electrons. The van der Waals surface area contributed by atoms with E-state index in [0.29, 0.717) is 5.56 Å². The number of rotatable bonds is 5. The summed E-state index contributed by atoms with van der Waals surface area (Å²) in [4.78, 5) is 27.4. The maximum absolute atomic E-state index is 13.9. The molecule has 0 saturated carbocycles. The molecule has 1 unspecified atom stereocenters. The molecule has 1 N–H and O–H groups in total. The second-order valence-electron chi connectivity index (χ2n) is 7.00. The van der Waals surface area contributed by atoms with Gasteiger partial charge in [-0.3, -0.25) is 14.9 Å².